The van der Waals surface area contributed by atoms with Gasteiger partial charge in [0.1, 0.15) is 0 Å². The maximum atomic E-state index is 5.68. The zero-order valence-corrected chi connectivity index (χ0v) is 12.4. The number of benzene rings is 1. The van der Waals surface area contributed by atoms with E-state index in [1.165, 1.54) is 29.7 Å². The molecule has 1 saturated heterocycles. The van der Waals surface area contributed by atoms with Crippen LogP contribution in [0.3, 0.4) is 0 Å². The van der Waals surface area contributed by atoms with E-state index in [0.29, 0.717) is 18.6 Å². The molecular formula is C16H26N2O. The van der Waals surface area contributed by atoms with Gasteiger partial charge in [0, 0.05) is 26.7 Å². The molecule has 2 atom stereocenters. The van der Waals surface area contributed by atoms with Crippen molar-refractivity contribution in [3.8, 4) is 0 Å². The Kier molecular flexibility index (Phi) is 4.97. The number of piperidine rings is 1. The van der Waals surface area contributed by atoms with Crippen LogP contribution in [0.1, 0.15) is 30.0 Å². The second kappa shape index (κ2) is 6.51. The Morgan fingerprint density at radius 3 is 2.84 bits per heavy atom. The van der Waals surface area contributed by atoms with Crippen molar-refractivity contribution >= 4 is 0 Å². The largest absolute Gasteiger partial charge is 0.380 e. The zero-order valence-electron chi connectivity index (χ0n) is 12.4. The van der Waals surface area contributed by atoms with Crippen molar-refractivity contribution in [3.63, 3.8) is 0 Å². The highest BCUT2D eigenvalue weighted by Crippen LogP contribution is 2.22. The van der Waals surface area contributed by atoms with Crippen molar-refractivity contribution in [3.05, 3.63) is 34.9 Å². The first-order valence-electron chi connectivity index (χ1n) is 7.17. The molecule has 1 aromatic rings. The van der Waals surface area contributed by atoms with Crippen LogP contribution in [0.4, 0.5) is 0 Å². The van der Waals surface area contributed by atoms with E-state index < -0.39 is 0 Å². The quantitative estimate of drug-likeness (QED) is 0.905. The SMILES string of the molecule is COC1CN(Cc2ccc(CN)cc2C)CCC1C. The van der Waals surface area contributed by atoms with Crippen molar-refractivity contribution in [2.45, 2.75) is 39.5 Å². The van der Waals surface area contributed by atoms with Crippen LogP contribution in [0.5, 0.6) is 0 Å². The number of hydrogen-bond donors (Lipinski definition) is 1. The number of likely N-dealkylation sites (tertiary alicyclic amines) is 1. The fourth-order valence-corrected chi connectivity index (χ4v) is 2.85. The van der Waals surface area contributed by atoms with Gasteiger partial charge >= 0.3 is 0 Å². The molecule has 0 saturated carbocycles. The average Bonchev–Trinajstić information content (AvgIpc) is 2.43. The lowest BCUT2D eigenvalue weighted by molar-refractivity contribution is -0.00749. The van der Waals surface area contributed by atoms with Crippen molar-refractivity contribution in [2.75, 3.05) is 20.2 Å². The molecule has 0 radical (unpaired) electrons. The van der Waals surface area contributed by atoms with Crippen LogP contribution < -0.4 is 5.73 Å². The standard InChI is InChI=1S/C16H26N2O/c1-12-6-7-18(11-16(12)19-3)10-15-5-4-14(9-17)8-13(15)2/h4-5,8,12,16H,6-7,9-11,17H2,1-3H3. The van der Waals surface area contributed by atoms with E-state index >= 15 is 0 Å². The summed E-state index contributed by atoms with van der Waals surface area (Å²) in [6.07, 6.45) is 1.59. The second-order valence-corrected chi connectivity index (χ2v) is 5.74. The van der Waals surface area contributed by atoms with Gasteiger partial charge in [0.15, 0.2) is 0 Å². The van der Waals surface area contributed by atoms with Gasteiger partial charge in [-0.05, 0) is 42.5 Å². The normalized spacial score (nSPS) is 24.6. The third kappa shape index (κ3) is 3.56. The van der Waals surface area contributed by atoms with Gasteiger partial charge in [0.05, 0.1) is 6.10 Å². The zero-order chi connectivity index (χ0) is 13.8. The van der Waals surface area contributed by atoms with Crippen LogP contribution in [0.2, 0.25) is 0 Å². The topological polar surface area (TPSA) is 38.5 Å². The Morgan fingerprint density at radius 2 is 2.21 bits per heavy atom. The molecule has 1 heterocycles. The van der Waals surface area contributed by atoms with Gasteiger partial charge < -0.3 is 10.5 Å². The van der Waals surface area contributed by atoms with Crippen LogP contribution in [0.25, 0.3) is 0 Å². The molecule has 2 N–H and O–H groups in total. The average molecular weight is 262 g/mol. The third-order valence-electron chi connectivity index (χ3n) is 4.31. The Morgan fingerprint density at radius 1 is 1.42 bits per heavy atom. The van der Waals surface area contributed by atoms with E-state index in [0.717, 1.165) is 13.1 Å². The van der Waals surface area contributed by atoms with E-state index in [1.807, 2.05) is 7.11 Å². The maximum Gasteiger partial charge on any atom is 0.0724 e. The summed E-state index contributed by atoms with van der Waals surface area (Å²) in [4.78, 5) is 2.50. The van der Waals surface area contributed by atoms with Gasteiger partial charge in [-0.15, -0.1) is 0 Å². The fraction of sp³-hybridized carbons (Fsp3) is 0.625. The lowest BCUT2D eigenvalue weighted by Gasteiger charge is -2.36. The highest BCUT2D eigenvalue weighted by Gasteiger charge is 2.25. The molecule has 1 aliphatic rings. The molecular weight excluding hydrogens is 236 g/mol. The van der Waals surface area contributed by atoms with Crippen LogP contribution in [-0.2, 0) is 17.8 Å². The molecule has 19 heavy (non-hydrogen) atoms. The minimum absolute atomic E-state index is 0.373. The van der Waals surface area contributed by atoms with Crippen molar-refractivity contribution in [1.82, 2.24) is 4.90 Å². The minimum atomic E-state index is 0.373. The summed E-state index contributed by atoms with van der Waals surface area (Å²) in [7, 11) is 1.83. The number of nitrogens with zero attached hydrogens (tertiary/aromatic N) is 1. The second-order valence-electron chi connectivity index (χ2n) is 5.74. The lowest BCUT2D eigenvalue weighted by Crippen LogP contribution is -2.43. The molecule has 3 heteroatoms. The van der Waals surface area contributed by atoms with E-state index in [4.69, 9.17) is 10.5 Å². The van der Waals surface area contributed by atoms with Gasteiger partial charge in [-0.1, -0.05) is 25.1 Å². The number of nitrogens with two attached hydrogens (primary N) is 1. The van der Waals surface area contributed by atoms with Gasteiger partial charge in [0.2, 0.25) is 0 Å². The Bertz CT molecular complexity index is 419. The molecule has 2 unspecified atom stereocenters. The summed E-state index contributed by atoms with van der Waals surface area (Å²) in [5, 5.41) is 0. The van der Waals surface area contributed by atoms with Crippen molar-refractivity contribution < 1.29 is 4.74 Å². The molecule has 106 valence electrons. The molecule has 3 nitrogen and oxygen atoms in total. The molecule has 0 bridgehead atoms. The summed E-state index contributed by atoms with van der Waals surface area (Å²) in [6, 6.07) is 6.57. The summed E-state index contributed by atoms with van der Waals surface area (Å²) in [6.45, 7) is 8.30. The molecule has 2 rings (SSSR count). The molecule has 1 aromatic carbocycles. The summed E-state index contributed by atoms with van der Waals surface area (Å²) >= 11 is 0. The monoisotopic (exact) mass is 262 g/mol. The van der Waals surface area contributed by atoms with Crippen LogP contribution in [-0.4, -0.2) is 31.2 Å². The van der Waals surface area contributed by atoms with Crippen molar-refractivity contribution in [1.29, 1.82) is 0 Å². The molecule has 0 aliphatic carbocycles. The first-order chi connectivity index (χ1) is 9.13. The fourth-order valence-electron chi connectivity index (χ4n) is 2.85. The number of aryl methyl sites for hydroxylation is 1. The summed E-state index contributed by atoms with van der Waals surface area (Å²) < 4.78 is 5.58. The van der Waals surface area contributed by atoms with Gasteiger partial charge in [-0.3, -0.25) is 4.90 Å². The summed E-state index contributed by atoms with van der Waals surface area (Å²) in [5.74, 6) is 0.668. The van der Waals surface area contributed by atoms with Gasteiger partial charge in [-0.25, -0.2) is 0 Å². The van der Waals surface area contributed by atoms with Crippen LogP contribution in [0.15, 0.2) is 18.2 Å². The predicted molar refractivity (Wildman–Crippen MR) is 78.9 cm³/mol. The molecule has 1 aliphatic heterocycles. The predicted octanol–water partition coefficient (Wildman–Crippen LogP) is 2.31. The molecule has 0 aromatic heterocycles. The Labute approximate surface area is 116 Å². The molecule has 1 fully saturated rings. The minimum Gasteiger partial charge on any atom is -0.380 e. The number of rotatable bonds is 4. The first-order valence-corrected chi connectivity index (χ1v) is 7.17. The number of hydrogen-bond acceptors (Lipinski definition) is 3. The van der Waals surface area contributed by atoms with Gasteiger partial charge in [0.25, 0.3) is 0 Å². The van der Waals surface area contributed by atoms with Gasteiger partial charge in [-0.2, -0.15) is 0 Å². The highest BCUT2D eigenvalue weighted by atomic mass is 16.5. The first kappa shape index (κ1) is 14.5. The number of ether oxygens (including phenoxy) is 1. The highest BCUT2D eigenvalue weighted by molar-refractivity contribution is 5.31. The van der Waals surface area contributed by atoms with Crippen LogP contribution in [0, 0.1) is 12.8 Å². The van der Waals surface area contributed by atoms with Crippen molar-refractivity contribution in [2.24, 2.45) is 11.7 Å². The van der Waals surface area contributed by atoms with E-state index in [2.05, 4.69) is 36.9 Å². The maximum absolute atomic E-state index is 5.68. The third-order valence-corrected chi connectivity index (χ3v) is 4.31. The number of methoxy groups -OCH3 is 1. The molecule has 0 spiro atoms. The van der Waals surface area contributed by atoms with E-state index in [-0.39, 0.29) is 0 Å². The van der Waals surface area contributed by atoms with E-state index in [1.54, 1.807) is 0 Å². The Balaban J connectivity index is 2.01. The van der Waals surface area contributed by atoms with E-state index in [9.17, 15) is 0 Å². The smallest absolute Gasteiger partial charge is 0.0724 e. The molecule has 0 amide bonds. The Hall–Kier alpha value is -0.900. The lowest BCUT2D eigenvalue weighted by atomic mass is 9.95. The summed E-state index contributed by atoms with van der Waals surface area (Å²) in [5.41, 5.74) is 9.64. The van der Waals surface area contributed by atoms with Crippen LogP contribution >= 0.6 is 0 Å².